The van der Waals surface area contributed by atoms with E-state index in [1.165, 1.54) is 18.9 Å². The van der Waals surface area contributed by atoms with Crippen molar-refractivity contribution in [1.29, 1.82) is 0 Å². The standard InChI is InChI=1S/C22H20N8O5S2.3ClH/c1-35-28-14(13-10-37-22(23)26-13)18(31)27-15-19(32)30-16(21(33)34)12(9-36-20(15)30)8-29-6-2-11(3-7-29)17-24-4-5-25-17;;;/h2-7,10,15,20H,8-9H2,1H3,(H4,23,26,27,31,33,34);3*1H/t15-,20+;;;/m1.../s1. The number of pyridine rings is 1. The largest absolute Gasteiger partial charge is 0.543 e. The molecule has 2 aliphatic rings. The van der Waals surface area contributed by atoms with Crippen molar-refractivity contribution in [1.82, 2.24) is 25.2 Å². The third kappa shape index (κ3) is 6.33. The summed E-state index contributed by atoms with van der Waals surface area (Å²) in [6, 6.07) is 2.75. The van der Waals surface area contributed by atoms with Gasteiger partial charge >= 0.3 is 0 Å². The Bertz CT molecular complexity index is 1430. The number of hydrogen-bond donors (Lipinski definition) is 3. The fourth-order valence-electron chi connectivity index (χ4n) is 4.06. The molecule has 0 bridgehead atoms. The number of hydrogen-bond acceptors (Lipinski definition) is 11. The van der Waals surface area contributed by atoms with Gasteiger partial charge in [0.1, 0.15) is 30.0 Å². The second-order valence-corrected chi connectivity index (χ2v) is 9.99. The lowest BCUT2D eigenvalue weighted by Gasteiger charge is -2.50. The number of anilines is 1. The number of rotatable bonds is 8. The summed E-state index contributed by atoms with van der Waals surface area (Å²) in [6.07, 6.45) is 6.99. The highest BCUT2D eigenvalue weighted by Crippen LogP contribution is 2.40. The Balaban J connectivity index is 0.00000187. The number of carboxylic acids is 1. The summed E-state index contributed by atoms with van der Waals surface area (Å²) in [4.78, 5) is 55.1. The zero-order valence-corrected chi connectivity index (χ0v) is 24.6. The Morgan fingerprint density at radius 2 is 2.05 bits per heavy atom. The summed E-state index contributed by atoms with van der Waals surface area (Å²) in [5.41, 5.74) is 6.92. The van der Waals surface area contributed by atoms with Crippen LogP contribution in [0.15, 0.2) is 58.7 Å². The van der Waals surface area contributed by atoms with Gasteiger partial charge in [0.15, 0.2) is 29.8 Å². The number of nitrogens with one attached hydrogen (secondary N) is 2. The summed E-state index contributed by atoms with van der Waals surface area (Å²) >= 11 is 2.47. The molecule has 1 fully saturated rings. The lowest BCUT2D eigenvalue weighted by Crippen LogP contribution is -2.71. The molecular weight excluding hydrogens is 627 g/mol. The number of aliphatic carboxylic acids is 1. The van der Waals surface area contributed by atoms with E-state index in [0.29, 0.717) is 17.2 Å². The van der Waals surface area contributed by atoms with Gasteiger partial charge in [0, 0.05) is 46.8 Å². The summed E-state index contributed by atoms with van der Waals surface area (Å²) < 4.78 is 1.81. The molecule has 1 saturated heterocycles. The van der Waals surface area contributed by atoms with Crippen molar-refractivity contribution in [2.24, 2.45) is 5.16 Å². The first-order valence-corrected chi connectivity index (χ1v) is 12.8. The lowest BCUT2D eigenvalue weighted by atomic mass is 10.0. The van der Waals surface area contributed by atoms with Crippen LogP contribution in [0.3, 0.4) is 0 Å². The number of H-pyrrole nitrogens is 1. The maximum absolute atomic E-state index is 13.0. The normalized spacial score (nSPS) is 17.9. The Kier molecular flexibility index (Phi) is 11.3. The average molecular weight is 650 g/mol. The monoisotopic (exact) mass is 648 g/mol. The van der Waals surface area contributed by atoms with E-state index in [1.54, 1.807) is 30.2 Å². The predicted octanol–water partition coefficient (Wildman–Crippen LogP) is 0.123. The van der Waals surface area contributed by atoms with E-state index in [0.717, 1.165) is 21.8 Å². The number of carbonyl (C=O) groups is 3. The fraction of sp³-hybridized carbons (Fsp3) is 0.227. The number of thioether (sulfide) groups is 1. The van der Waals surface area contributed by atoms with E-state index in [-0.39, 0.29) is 66.0 Å². The highest BCUT2D eigenvalue weighted by Gasteiger charge is 2.53. The van der Waals surface area contributed by atoms with Gasteiger partial charge in [0.25, 0.3) is 11.8 Å². The van der Waals surface area contributed by atoms with Crippen LogP contribution < -0.4 is 20.7 Å². The van der Waals surface area contributed by atoms with E-state index in [2.05, 4.69) is 25.4 Å². The molecule has 3 aromatic rings. The number of nitrogens with two attached hydrogens (primary N) is 1. The van der Waals surface area contributed by atoms with E-state index in [1.807, 2.05) is 16.7 Å². The Hall–Kier alpha value is -3.37. The molecule has 40 heavy (non-hydrogen) atoms. The van der Waals surface area contributed by atoms with Crippen LogP contribution in [0.4, 0.5) is 5.13 Å². The molecule has 2 atom stereocenters. The molecule has 0 spiro atoms. The number of nitrogen functional groups attached to an aromatic ring is 1. The Morgan fingerprint density at radius 1 is 1.32 bits per heavy atom. The first kappa shape index (κ1) is 32.8. The number of thiazole rings is 1. The van der Waals surface area contributed by atoms with Gasteiger partial charge in [0.2, 0.25) is 0 Å². The van der Waals surface area contributed by atoms with Crippen LogP contribution in [0.5, 0.6) is 0 Å². The second-order valence-electron chi connectivity index (χ2n) is 7.99. The number of aromatic amines is 1. The molecule has 3 aromatic heterocycles. The average Bonchev–Trinajstić information content (AvgIpc) is 3.58. The minimum absolute atomic E-state index is 0. The Labute approximate surface area is 254 Å². The number of halogens is 3. The van der Waals surface area contributed by atoms with Gasteiger partial charge in [-0.1, -0.05) is 5.16 Å². The molecule has 0 aliphatic carbocycles. The third-order valence-corrected chi connectivity index (χ3v) is 7.74. The number of carboxylic acid groups (broad SMARTS) is 1. The van der Waals surface area contributed by atoms with Crippen LogP contribution in [0.1, 0.15) is 5.69 Å². The Morgan fingerprint density at radius 3 is 2.62 bits per heavy atom. The molecule has 0 aromatic carbocycles. The van der Waals surface area contributed by atoms with Crippen LogP contribution in [0.25, 0.3) is 11.4 Å². The maximum atomic E-state index is 13.0. The molecule has 214 valence electrons. The number of carbonyl (C=O) groups excluding carboxylic acids is 3. The van der Waals surface area contributed by atoms with Crippen molar-refractivity contribution in [3.63, 3.8) is 0 Å². The second kappa shape index (κ2) is 13.8. The predicted molar refractivity (Wildman–Crippen MR) is 153 cm³/mol. The van der Waals surface area contributed by atoms with Crippen molar-refractivity contribution >= 4 is 88.9 Å². The summed E-state index contributed by atoms with van der Waals surface area (Å²) in [5, 5.41) is 19.6. The summed E-state index contributed by atoms with van der Waals surface area (Å²) in [7, 11) is 1.28. The van der Waals surface area contributed by atoms with Gasteiger partial charge in [0.05, 0.1) is 11.7 Å². The lowest BCUT2D eigenvalue weighted by molar-refractivity contribution is -0.689. The quantitative estimate of drug-likeness (QED) is 0.132. The van der Waals surface area contributed by atoms with Gasteiger partial charge in [-0.15, -0.1) is 60.3 Å². The molecular formula is C22H23Cl3N8O5S2. The van der Waals surface area contributed by atoms with Crippen molar-refractivity contribution in [2.75, 3.05) is 18.6 Å². The molecule has 5 rings (SSSR count). The van der Waals surface area contributed by atoms with Crippen LogP contribution in [0, 0.1) is 0 Å². The molecule has 0 radical (unpaired) electrons. The van der Waals surface area contributed by atoms with Crippen molar-refractivity contribution in [2.45, 2.75) is 18.0 Å². The number of nitrogens with zero attached hydrogens (tertiary/aromatic N) is 5. The maximum Gasteiger partial charge on any atom is 0.276 e. The minimum atomic E-state index is -1.45. The van der Waals surface area contributed by atoms with Gasteiger partial charge in [-0.25, -0.2) is 14.5 Å². The van der Waals surface area contributed by atoms with Gasteiger partial charge in [-0.2, -0.15) is 0 Å². The molecule has 0 unspecified atom stereocenters. The topological polar surface area (TPSA) is 183 Å². The molecule has 13 nitrogen and oxygen atoms in total. The van der Waals surface area contributed by atoms with Crippen LogP contribution in [-0.2, 0) is 25.8 Å². The SMILES string of the molecule is CON=C(C(=O)N[C@@H]1C(=O)N2C(C(=O)[O-])=C(C[n+]3ccc(-c4ncc[nH]4)cc3)CS[C@@H]12)c1csc(N)n1.Cl.Cl.Cl. The van der Waals surface area contributed by atoms with Gasteiger partial charge < -0.3 is 30.8 Å². The van der Waals surface area contributed by atoms with Crippen molar-refractivity contribution < 1.29 is 28.9 Å². The number of amides is 2. The van der Waals surface area contributed by atoms with Crippen molar-refractivity contribution in [3.05, 3.63) is 59.3 Å². The van der Waals surface area contributed by atoms with E-state index >= 15 is 0 Å². The van der Waals surface area contributed by atoms with Crippen LogP contribution >= 0.6 is 60.3 Å². The molecule has 2 amide bonds. The minimum Gasteiger partial charge on any atom is -0.543 e. The highest BCUT2D eigenvalue weighted by molar-refractivity contribution is 8.00. The van der Waals surface area contributed by atoms with Gasteiger partial charge in [-0.05, 0) is 0 Å². The van der Waals surface area contributed by atoms with E-state index in [9.17, 15) is 19.5 Å². The van der Waals surface area contributed by atoms with E-state index in [4.69, 9.17) is 10.6 Å². The number of β-lactam (4-membered cyclic amide) rings is 1. The molecule has 2 aliphatic heterocycles. The fourth-order valence-corrected chi connectivity index (χ4v) is 5.94. The first-order valence-electron chi connectivity index (χ1n) is 10.9. The number of fused-ring (bicyclic) bond motifs is 1. The summed E-state index contributed by atoms with van der Waals surface area (Å²) in [6.45, 7) is 0.248. The molecule has 5 heterocycles. The zero-order valence-electron chi connectivity index (χ0n) is 20.5. The molecule has 4 N–H and O–H groups in total. The number of imidazole rings is 1. The zero-order chi connectivity index (χ0) is 26.1. The highest BCUT2D eigenvalue weighted by atomic mass is 35.5. The van der Waals surface area contributed by atoms with Gasteiger partial charge in [-0.3, -0.25) is 14.5 Å². The van der Waals surface area contributed by atoms with Crippen molar-refractivity contribution in [3.8, 4) is 11.4 Å². The molecule has 0 saturated carbocycles. The number of aromatic nitrogens is 4. The first-order chi connectivity index (χ1) is 17.9. The van der Waals surface area contributed by atoms with E-state index < -0.39 is 29.2 Å². The summed E-state index contributed by atoms with van der Waals surface area (Å²) in [5.74, 6) is -1.66. The molecule has 18 heteroatoms. The smallest absolute Gasteiger partial charge is 0.276 e. The number of oxime groups is 1. The van der Waals surface area contributed by atoms with Crippen LogP contribution in [-0.4, -0.2) is 67.6 Å². The van der Waals surface area contributed by atoms with Crippen LogP contribution in [0.2, 0.25) is 0 Å². The third-order valence-electron chi connectivity index (χ3n) is 5.73.